The zero-order valence-electron chi connectivity index (χ0n) is 16.0. The van der Waals surface area contributed by atoms with Crippen molar-refractivity contribution in [1.82, 2.24) is 4.90 Å². The van der Waals surface area contributed by atoms with Crippen molar-refractivity contribution in [2.75, 3.05) is 11.4 Å². The molecule has 0 saturated carbocycles. The van der Waals surface area contributed by atoms with E-state index in [0.717, 1.165) is 29.8 Å². The summed E-state index contributed by atoms with van der Waals surface area (Å²) >= 11 is 0. The molecule has 0 N–H and O–H groups in total. The molecule has 0 aliphatic carbocycles. The van der Waals surface area contributed by atoms with Gasteiger partial charge >= 0.3 is 0 Å². The fraction of sp³-hybridized carbons (Fsp3) is 0.348. The molecule has 3 heterocycles. The van der Waals surface area contributed by atoms with Gasteiger partial charge in [0, 0.05) is 11.6 Å². The van der Waals surface area contributed by atoms with E-state index >= 15 is 0 Å². The Morgan fingerprint density at radius 1 is 0.966 bits per heavy atom. The summed E-state index contributed by atoms with van der Waals surface area (Å²) in [6, 6.07) is 12.0. The van der Waals surface area contributed by atoms with Crippen molar-refractivity contribution in [2.45, 2.75) is 31.8 Å². The topological polar surface area (TPSA) is 57.7 Å². The lowest BCUT2D eigenvalue weighted by Gasteiger charge is -2.27. The van der Waals surface area contributed by atoms with Crippen LogP contribution in [0.4, 0.5) is 10.1 Å². The lowest BCUT2D eigenvalue weighted by Crippen LogP contribution is -2.46. The second-order valence-electron chi connectivity index (χ2n) is 8.16. The molecule has 3 fully saturated rings. The standard InChI is InChI=1S/C23H21FN2O3/c1-13-4-6-14(7-5-13)21(27)20-19-18(17-3-2-12-25(17)20)22(28)26(23(19)29)16-10-8-15(24)9-11-16/h4-11,17-20H,2-3,12H2,1H3/t17-,18-,19+,20-/m1/s1. The predicted molar refractivity (Wildman–Crippen MR) is 105 cm³/mol. The molecule has 2 aromatic carbocycles. The van der Waals surface area contributed by atoms with Crippen LogP contribution in [0.2, 0.25) is 0 Å². The van der Waals surface area contributed by atoms with Crippen molar-refractivity contribution in [3.63, 3.8) is 0 Å². The molecule has 3 aliphatic heterocycles. The molecule has 3 saturated heterocycles. The molecule has 5 rings (SSSR count). The fourth-order valence-electron chi connectivity index (χ4n) is 5.25. The number of Topliss-reactive ketones (excluding diaryl/α,β-unsaturated/α-hetero) is 1. The second-order valence-corrected chi connectivity index (χ2v) is 8.16. The lowest BCUT2D eigenvalue weighted by atomic mass is 9.85. The zero-order chi connectivity index (χ0) is 20.3. The quantitative estimate of drug-likeness (QED) is 0.595. The van der Waals surface area contributed by atoms with Crippen LogP contribution in [-0.4, -0.2) is 41.1 Å². The summed E-state index contributed by atoms with van der Waals surface area (Å²) in [5.41, 5.74) is 1.98. The first kappa shape index (κ1) is 18.2. The minimum absolute atomic E-state index is 0.0960. The van der Waals surface area contributed by atoms with Gasteiger partial charge in [0.2, 0.25) is 11.8 Å². The molecular weight excluding hydrogens is 371 g/mol. The van der Waals surface area contributed by atoms with Crippen molar-refractivity contribution in [3.8, 4) is 0 Å². The van der Waals surface area contributed by atoms with Gasteiger partial charge in [0.15, 0.2) is 5.78 Å². The molecule has 0 bridgehead atoms. The molecule has 0 unspecified atom stereocenters. The van der Waals surface area contributed by atoms with Crippen LogP contribution in [0.25, 0.3) is 0 Å². The van der Waals surface area contributed by atoms with Gasteiger partial charge in [0.1, 0.15) is 5.82 Å². The van der Waals surface area contributed by atoms with Crippen LogP contribution in [0.15, 0.2) is 48.5 Å². The summed E-state index contributed by atoms with van der Waals surface area (Å²) in [4.78, 5) is 43.2. The van der Waals surface area contributed by atoms with Gasteiger partial charge in [-0.05, 0) is 50.6 Å². The van der Waals surface area contributed by atoms with E-state index in [9.17, 15) is 18.8 Å². The van der Waals surface area contributed by atoms with E-state index in [0.29, 0.717) is 11.3 Å². The first-order valence-corrected chi connectivity index (χ1v) is 9.97. The number of carbonyl (C=O) groups is 3. The SMILES string of the molecule is Cc1ccc(C(=O)[C@H]2[C@H]3C(=O)N(c4ccc(F)cc4)C(=O)[C@@H]3[C@H]3CCCN32)cc1. The molecule has 2 aromatic rings. The molecule has 5 nitrogen and oxygen atoms in total. The number of carbonyl (C=O) groups excluding carboxylic acids is 3. The van der Waals surface area contributed by atoms with Gasteiger partial charge in [-0.1, -0.05) is 29.8 Å². The smallest absolute Gasteiger partial charge is 0.239 e. The van der Waals surface area contributed by atoms with Crippen molar-refractivity contribution >= 4 is 23.3 Å². The van der Waals surface area contributed by atoms with E-state index < -0.39 is 23.7 Å². The van der Waals surface area contributed by atoms with E-state index in [4.69, 9.17) is 0 Å². The number of fused-ring (bicyclic) bond motifs is 3. The largest absolute Gasteiger partial charge is 0.292 e. The zero-order valence-corrected chi connectivity index (χ0v) is 16.0. The molecular formula is C23H21FN2O3. The third-order valence-electron chi connectivity index (χ3n) is 6.54. The van der Waals surface area contributed by atoms with Crippen LogP contribution < -0.4 is 4.90 Å². The Bertz CT molecular complexity index is 1000. The van der Waals surface area contributed by atoms with E-state index in [1.165, 1.54) is 24.3 Å². The molecule has 148 valence electrons. The number of anilines is 1. The number of rotatable bonds is 3. The van der Waals surface area contributed by atoms with Crippen LogP contribution in [-0.2, 0) is 9.59 Å². The minimum atomic E-state index is -0.688. The monoisotopic (exact) mass is 392 g/mol. The molecule has 6 heteroatoms. The summed E-state index contributed by atoms with van der Waals surface area (Å²) in [5.74, 6) is -2.37. The Labute approximate surface area is 168 Å². The summed E-state index contributed by atoms with van der Waals surface area (Å²) in [7, 11) is 0. The van der Waals surface area contributed by atoms with Crippen molar-refractivity contribution < 1.29 is 18.8 Å². The number of amides is 2. The highest BCUT2D eigenvalue weighted by Crippen LogP contribution is 2.48. The van der Waals surface area contributed by atoms with Gasteiger partial charge in [-0.3, -0.25) is 19.3 Å². The molecule has 3 aliphatic rings. The Morgan fingerprint density at radius 3 is 2.31 bits per heavy atom. The van der Waals surface area contributed by atoms with Crippen LogP contribution in [0.3, 0.4) is 0 Å². The van der Waals surface area contributed by atoms with Crippen LogP contribution >= 0.6 is 0 Å². The van der Waals surface area contributed by atoms with Gasteiger partial charge in [0.05, 0.1) is 23.6 Å². The van der Waals surface area contributed by atoms with Crippen LogP contribution in [0.5, 0.6) is 0 Å². The number of benzene rings is 2. The average molecular weight is 392 g/mol. The number of hydrogen-bond donors (Lipinski definition) is 0. The van der Waals surface area contributed by atoms with E-state index in [1.54, 1.807) is 12.1 Å². The summed E-state index contributed by atoms with van der Waals surface area (Å²) < 4.78 is 13.3. The van der Waals surface area contributed by atoms with E-state index in [-0.39, 0.29) is 23.6 Å². The predicted octanol–water partition coefficient (Wildman–Crippen LogP) is 2.97. The molecule has 29 heavy (non-hydrogen) atoms. The Hall–Kier alpha value is -2.86. The number of aryl methyl sites for hydroxylation is 1. The van der Waals surface area contributed by atoms with Crippen molar-refractivity contribution in [2.24, 2.45) is 11.8 Å². The Balaban J connectivity index is 1.54. The maximum absolute atomic E-state index is 13.4. The van der Waals surface area contributed by atoms with Crippen molar-refractivity contribution in [1.29, 1.82) is 0 Å². The van der Waals surface area contributed by atoms with Gasteiger partial charge in [-0.2, -0.15) is 0 Å². The highest BCUT2D eigenvalue weighted by atomic mass is 19.1. The fourth-order valence-corrected chi connectivity index (χ4v) is 5.25. The molecule has 4 atom stereocenters. The van der Waals surface area contributed by atoms with Gasteiger partial charge in [-0.15, -0.1) is 0 Å². The van der Waals surface area contributed by atoms with Gasteiger partial charge in [-0.25, -0.2) is 9.29 Å². The lowest BCUT2D eigenvalue weighted by molar-refractivity contribution is -0.123. The third-order valence-corrected chi connectivity index (χ3v) is 6.54. The van der Waals surface area contributed by atoms with E-state index in [2.05, 4.69) is 4.90 Å². The second kappa shape index (κ2) is 6.59. The summed E-state index contributed by atoms with van der Waals surface area (Å²) in [5, 5.41) is 0. The van der Waals surface area contributed by atoms with Gasteiger partial charge in [0.25, 0.3) is 0 Å². The van der Waals surface area contributed by atoms with Crippen LogP contribution in [0.1, 0.15) is 28.8 Å². The molecule has 2 amide bonds. The summed E-state index contributed by atoms with van der Waals surface area (Å²) in [6.45, 7) is 2.67. The number of nitrogens with zero attached hydrogens (tertiary/aromatic N) is 2. The Morgan fingerprint density at radius 2 is 1.62 bits per heavy atom. The van der Waals surface area contributed by atoms with Crippen molar-refractivity contribution in [3.05, 3.63) is 65.5 Å². The molecule has 0 radical (unpaired) electrons. The number of hydrogen-bond acceptors (Lipinski definition) is 4. The first-order valence-electron chi connectivity index (χ1n) is 9.97. The van der Waals surface area contributed by atoms with E-state index in [1.807, 2.05) is 19.1 Å². The summed E-state index contributed by atoms with van der Waals surface area (Å²) in [6.07, 6.45) is 1.71. The number of halogens is 1. The van der Waals surface area contributed by atoms with Crippen LogP contribution in [0, 0.1) is 24.6 Å². The highest BCUT2D eigenvalue weighted by Gasteiger charge is 2.64. The normalized spacial score (nSPS) is 28.7. The number of ketones is 1. The Kier molecular flexibility index (Phi) is 4.13. The maximum atomic E-state index is 13.4. The highest BCUT2D eigenvalue weighted by molar-refractivity contribution is 6.24. The van der Waals surface area contributed by atoms with Gasteiger partial charge < -0.3 is 0 Å². The maximum Gasteiger partial charge on any atom is 0.239 e. The third kappa shape index (κ3) is 2.66. The minimum Gasteiger partial charge on any atom is -0.292 e. The first-order chi connectivity index (χ1) is 14.0. The number of imide groups is 1. The molecule has 0 aromatic heterocycles. The molecule has 0 spiro atoms. The average Bonchev–Trinajstić information content (AvgIpc) is 3.35.